The average Bonchev–Trinajstić information content (AvgIpc) is 3.33. The molecule has 134 valence electrons. The van der Waals surface area contributed by atoms with Crippen molar-refractivity contribution in [3.8, 4) is 17.2 Å². The molecule has 0 aliphatic carbocycles. The molecule has 0 bridgehead atoms. The minimum atomic E-state index is 0.262. The fourth-order valence-corrected chi connectivity index (χ4v) is 3.48. The first-order valence-electron chi connectivity index (χ1n) is 8.66. The van der Waals surface area contributed by atoms with Crippen LogP contribution in [0.1, 0.15) is 23.8 Å². The predicted octanol–water partition coefficient (Wildman–Crippen LogP) is 4.39. The van der Waals surface area contributed by atoms with Gasteiger partial charge in [0.1, 0.15) is 5.75 Å². The monoisotopic (exact) mass is 369 g/mol. The van der Waals surface area contributed by atoms with Gasteiger partial charge < -0.3 is 9.15 Å². The second-order valence-electron chi connectivity index (χ2n) is 6.49. The Morgan fingerprint density at radius 3 is 2.77 bits per heavy atom. The molecule has 5 nitrogen and oxygen atoms in total. The van der Waals surface area contributed by atoms with E-state index in [-0.39, 0.29) is 5.92 Å². The van der Waals surface area contributed by atoms with Gasteiger partial charge in [-0.25, -0.2) is 0 Å². The molecule has 1 fully saturated rings. The van der Waals surface area contributed by atoms with Crippen molar-refractivity contribution in [1.29, 1.82) is 0 Å². The number of aromatic nitrogens is 2. The summed E-state index contributed by atoms with van der Waals surface area (Å²) >= 11 is 5.96. The van der Waals surface area contributed by atoms with Crippen LogP contribution in [-0.4, -0.2) is 35.3 Å². The Labute approximate surface area is 157 Å². The number of likely N-dealkylation sites (tertiary alicyclic amines) is 1. The van der Waals surface area contributed by atoms with Crippen LogP contribution in [0.25, 0.3) is 11.5 Å². The van der Waals surface area contributed by atoms with E-state index in [0.717, 1.165) is 42.4 Å². The highest BCUT2D eigenvalue weighted by atomic mass is 35.5. The third-order valence-corrected chi connectivity index (χ3v) is 4.97. The fraction of sp³-hybridized carbons (Fsp3) is 0.300. The van der Waals surface area contributed by atoms with E-state index in [1.54, 1.807) is 7.11 Å². The molecule has 1 aromatic heterocycles. The van der Waals surface area contributed by atoms with Crippen molar-refractivity contribution in [1.82, 2.24) is 15.1 Å². The summed E-state index contributed by atoms with van der Waals surface area (Å²) in [7, 11) is 1.64. The van der Waals surface area contributed by atoms with E-state index in [0.29, 0.717) is 11.8 Å². The first-order chi connectivity index (χ1) is 12.7. The molecule has 0 unspecified atom stereocenters. The normalized spacial score (nSPS) is 17.5. The van der Waals surface area contributed by atoms with Gasteiger partial charge >= 0.3 is 0 Å². The number of nitrogens with zero attached hydrogens (tertiary/aromatic N) is 3. The Kier molecular flexibility index (Phi) is 4.91. The van der Waals surface area contributed by atoms with Gasteiger partial charge in [0.15, 0.2) is 0 Å². The van der Waals surface area contributed by atoms with Gasteiger partial charge in [0.2, 0.25) is 5.89 Å². The van der Waals surface area contributed by atoms with Crippen molar-refractivity contribution in [3.63, 3.8) is 0 Å². The zero-order valence-electron chi connectivity index (χ0n) is 14.6. The number of benzene rings is 2. The number of hydrogen-bond donors (Lipinski definition) is 0. The van der Waals surface area contributed by atoms with Gasteiger partial charge in [-0.05, 0) is 42.8 Å². The number of para-hydroxylation sites is 1. The first-order valence-corrected chi connectivity index (χ1v) is 9.04. The molecule has 1 aliphatic heterocycles. The number of methoxy groups -OCH3 is 1. The molecule has 0 N–H and O–H groups in total. The van der Waals surface area contributed by atoms with Crippen molar-refractivity contribution >= 4 is 11.6 Å². The lowest BCUT2D eigenvalue weighted by molar-refractivity contribution is 0.320. The van der Waals surface area contributed by atoms with Crippen molar-refractivity contribution in [2.24, 2.45) is 0 Å². The van der Waals surface area contributed by atoms with Crippen LogP contribution in [0.4, 0.5) is 0 Å². The topological polar surface area (TPSA) is 51.4 Å². The van der Waals surface area contributed by atoms with Crippen LogP contribution in [0.3, 0.4) is 0 Å². The number of hydrogen-bond acceptors (Lipinski definition) is 5. The molecule has 1 aliphatic rings. The molecule has 26 heavy (non-hydrogen) atoms. The molecule has 0 amide bonds. The Morgan fingerprint density at radius 2 is 1.96 bits per heavy atom. The highest BCUT2D eigenvalue weighted by molar-refractivity contribution is 6.30. The maximum absolute atomic E-state index is 5.96. The molecule has 0 spiro atoms. The second-order valence-corrected chi connectivity index (χ2v) is 6.93. The van der Waals surface area contributed by atoms with Crippen molar-refractivity contribution in [2.45, 2.75) is 18.9 Å². The van der Waals surface area contributed by atoms with E-state index in [1.807, 2.05) is 36.4 Å². The van der Waals surface area contributed by atoms with Crippen molar-refractivity contribution < 1.29 is 9.15 Å². The second kappa shape index (κ2) is 7.48. The Hall–Kier alpha value is -2.37. The Bertz CT molecular complexity index is 879. The lowest BCUT2D eigenvalue weighted by Gasteiger charge is -2.15. The van der Waals surface area contributed by atoms with Crippen LogP contribution >= 0.6 is 11.6 Å². The van der Waals surface area contributed by atoms with E-state index in [4.69, 9.17) is 20.8 Å². The van der Waals surface area contributed by atoms with Gasteiger partial charge in [-0.3, -0.25) is 4.90 Å². The van der Waals surface area contributed by atoms with Gasteiger partial charge in [0, 0.05) is 18.1 Å². The van der Waals surface area contributed by atoms with Crippen LogP contribution in [0.15, 0.2) is 52.9 Å². The van der Waals surface area contributed by atoms with Crippen molar-refractivity contribution in [2.75, 3.05) is 20.2 Å². The zero-order valence-corrected chi connectivity index (χ0v) is 15.3. The molecular formula is C20H20ClN3O2. The molecule has 6 heteroatoms. The molecular weight excluding hydrogens is 350 g/mol. The number of rotatable bonds is 5. The fourth-order valence-electron chi connectivity index (χ4n) is 3.36. The van der Waals surface area contributed by atoms with Crippen LogP contribution in [0, 0.1) is 0 Å². The lowest BCUT2D eigenvalue weighted by Crippen LogP contribution is -2.19. The maximum atomic E-state index is 5.96. The van der Waals surface area contributed by atoms with E-state index < -0.39 is 0 Å². The first kappa shape index (κ1) is 17.1. The molecule has 1 atom stereocenters. The predicted molar refractivity (Wildman–Crippen MR) is 100 cm³/mol. The lowest BCUT2D eigenvalue weighted by atomic mass is 10.1. The quantitative estimate of drug-likeness (QED) is 0.667. The molecule has 0 saturated carbocycles. The smallest absolute Gasteiger partial charge is 0.251 e. The van der Waals surface area contributed by atoms with Crippen LogP contribution in [0.5, 0.6) is 5.75 Å². The molecule has 4 rings (SSSR count). The average molecular weight is 370 g/mol. The zero-order chi connectivity index (χ0) is 17.9. The largest absolute Gasteiger partial charge is 0.496 e. The molecule has 3 aromatic rings. The van der Waals surface area contributed by atoms with Crippen molar-refractivity contribution in [3.05, 3.63) is 65.0 Å². The van der Waals surface area contributed by atoms with E-state index in [2.05, 4.69) is 27.2 Å². The molecule has 0 radical (unpaired) electrons. The number of ether oxygens (including phenoxy) is 1. The summed E-state index contributed by atoms with van der Waals surface area (Å²) in [6.07, 6.45) is 1.02. The maximum Gasteiger partial charge on any atom is 0.251 e. The van der Waals surface area contributed by atoms with Crippen LogP contribution in [0.2, 0.25) is 5.02 Å². The highest BCUT2D eigenvalue weighted by Gasteiger charge is 2.28. The standard InChI is InChI=1S/C20H20ClN3O2/c1-25-18-5-3-2-4-17(18)20-23-22-19(26-20)15-10-11-24(13-15)12-14-6-8-16(21)9-7-14/h2-9,15H,10-13H2,1H3/t15-/m0/s1. The summed E-state index contributed by atoms with van der Waals surface area (Å²) in [4.78, 5) is 2.40. The minimum absolute atomic E-state index is 0.262. The summed E-state index contributed by atoms with van der Waals surface area (Å²) in [5.41, 5.74) is 2.08. The summed E-state index contributed by atoms with van der Waals surface area (Å²) in [5, 5.41) is 9.28. The summed E-state index contributed by atoms with van der Waals surface area (Å²) in [5.74, 6) is 2.20. The Balaban J connectivity index is 1.44. The van der Waals surface area contributed by atoms with Crippen LogP contribution < -0.4 is 4.74 Å². The molecule has 1 saturated heterocycles. The SMILES string of the molecule is COc1ccccc1-c1nnc([C@H]2CCN(Cc3ccc(Cl)cc3)C2)o1. The number of halogens is 1. The van der Waals surface area contributed by atoms with E-state index in [9.17, 15) is 0 Å². The minimum Gasteiger partial charge on any atom is -0.496 e. The highest BCUT2D eigenvalue weighted by Crippen LogP contribution is 2.32. The summed E-state index contributed by atoms with van der Waals surface area (Å²) in [6.45, 7) is 2.83. The van der Waals surface area contributed by atoms with Gasteiger partial charge in [0.25, 0.3) is 5.89 Å². The van der Waals surface area contributed by atoms with Gasteiger partial charge in [0.05, 0.1) is 18.6 Å². The van der Waals surface area contributed by atoms with Gasteiger partial charge in [-0.15, -0.1) is 10.2 Å². The molecule has 2 aromatic carbocycles. The van der Waals surface area contributed by atoms with Gasteiger partial charge in [-0.1, -0.05) is 35.9 Å². The summed E-state index contributed by atoms with van der Waals surface area (Å²) in [6, 6.07) is 15.7. The third kappa shape index (κ3) is 3.59. The van der Waals surface area contributed by atoms with Crippen LogP contribution in [-0.2, 0) is 6.54 Å². The van der Waals surface area contributed by atoms with E-state index >= 15 is 0 Å². The molecule has 2 heterocycles. The summed E-state index contributed by atoms with van der Waals surface area (Å²) < 4.78 is 11.3. The third-order valence-electron chi connectivity index (χ3n) is 4.72. The van der Waals surface area contributed by atoms with Gasteiger partial charge in [-0.2, -0.15) is 0 Å². The van der Waals surface area contributed by atoms with E-state index in [1.165, 1.54) is 5.56 Å². The Morgan fingerprint density at radius 1 is 1.15 bits per heavy atom.